The van der Waals surface area contributed by atoms with Gasteiger partial charge in [0.25, 0.3) is 0 Å². The van der Waals surface area contributed by atoms with Gasteiger partial charge in [-0.3, -0.25) is 9.88 Å². The van der Waals surface area contributed by atoms with Gasteiger partial charge in [-0.1, -0.05) is 12.1 Å². The molecule has 1 saturated heterocycles. The Balaban J connectivity index is 1.57. The van der Waals surface area contributed by atoms with Gasteiger partial charge < -0.3 is 14.8 Å². The summed E-state index contributed by atoms with van der Waals surface area (Å²) in [5.41, 5.74) is 3.19. The van der Waals surface area contributed by atoms with E-state index in [0.717, 1.165) is 72.4 Å². The smallest absolute Gasteiger partial charge is 0.165 e. The van der Waals surface area contributed by atoms with E-state index in [1.165, 1.54) is 0 Å². The van der Waals surface area contributed by atoms with Gasteiger partial charge in [0.05, 0.1) is 19.9 Å². The standard InChI is InChI=1S/C24H29N5O2/c1-25-22-14-20(27-24(28-22)17-9-11-26-12-10-17)18-7-5-13-29(15-18)16-19-6-4-8-21(30-2)23(19)31-3/h4,6,8-12,14,18H,5,7,13,15-16H2,1-3H3,(H,25,27,28). The van der Waals surface area contributed by atoms with Crippen LogP contribution < -0.4 is 14.8 Å². The molecule has 1 fully saturated rings. The summed E-state index contributed by atoms with van der Waals surface area (Å²) < 4.78 is 11.1. The second-order valence-electron chi connectivity index (χ2n) is 7.71. The van der Waals surface area contributed by atoms with Crippen molar-refractivity contribution in [1.82, 2.24) is 19.9 Å². The Morgan fingerprint density at radius 2 is 1.94 bits per heavy atom. The van der Waals surface area contributed by atoms with Gasteiger partial charge >= 0.3 is 0 Å². The van der Waals surface area contributed by atoms with E-state index in [9.17, 15) is 0 Å². The lowest BCUT2D eigenvalue weighted by Gasteiger charge is -2.33. The van der Waals surface area contributed by atoms with Gasteiger partial charge in [-0.25, -0.2) is 9.97 Å². The number of likely N-dealkylation sites (tertiary alicyclic amines) is 1. The quantitative estimate of drug-likeness (QED) is 0.621. The lowest BCUT2D eigenvalue weighted by molar-refractivity contribution is 0.196. The summed E-state index contributed by atoms with van der Waals surface area (Å²) in [6.45, 7) is 2.81. The number of hydrogen-bond acceptors (Lipinski definition) is 7. The number of pyridine rings is 1. The van der Waals surface area contributed by atoms with E-state index in [1.54, 1.807) is 26.6 Å². The molecular formula is C24H29N5O2. The maximum Gasteiger partial charge on any atom is 0.165 e. The normalized spacial score (nSPS) is 16.7. The van der Waals surface area contributed by atoms with Crippen molar-refractivity contribution in [2.45, 2.75) is 25.3 Å². The Hall–Kier alpha value is -3.19. The maximum absolute atomic E-state index is 5.63. The topological polar surface area (TPSA) is 72.4 Å². The first-order valence-electron chi connectivity index (χ1n) is 10.6. The van der Waals surface area contributed by atoms with Crippen LogP contribution >= 0.6 is 0 Å². The van der Waals surface area contributed by atoms with Crippen molar-refractivity contribution >= 4 is 5.82 Å². The number of piperidine rings is 1. The van der Waals surface area contributed by atoms with Gasteiger partial charge in [0.1, 0.15) is 5.82 Å². The zero-order chi connectivity index (χ0) is 21.6. The highest BCUT2D eigenvalue weighted by Gasteiger charge is 2.25. The number of methoxy groups -OCH3 is 2. The highest BCUT2D eigenvalue weighted by molar-refractivity contribution is 5.57. The van der Waals surface area contributed by atoms with Crippen LogP contribution in [0, 0.1) is 0 Å². The van der Waals surface area contributed by atoms with Crippen molar-refractivity contribution in [3.8, 4) is 22.9 Å². The van der Waals surface area contributed by atoms with Crippen molar-refractivity contribution in [1.29, 1.82) is 0 Å². The fourth-order valence-electron chi connectivity index (χ4n) is 4.19. The van der Waals surface area contributed by atoms with Gasteiger partial charge in [-0.05, 0) is 37.6 Å². The van der Waals surface area contributed by atoms with E-state index in [2.05, 4.69) is 32.3 Å². The number of para-hydroxylation sites is 1. The molecule has 0 saturated carbocycles. The molecule has 1 aliphatic heterocycles. The third-order valence-electron chi connectivity index (χ3n) is 5.74. The number of nitrogens with zero attached hydrogens (tertiary/aromatic N) is 4. The highest BCUT2D eigenvalue weighted by Crippen LogP contribution is 2.34. The molecule has 0 aliphatic carbocycles. The van der Waals surface area contributed by atoms with Gasteiger partial charge in [0, 0.05) is 55.6 Å². The van der Waals surface area contributed by atoms with Crippen LogP contribution in [0.15, 0.2) is 48.8 Å². The fourth-order valence-corrected chi connectivity index (χ4v) is 4.19. The van der Waals surface area contributed by atoms with Crippen molar-refractivity contribution in [2.24, 2.45) is 0 Å². The lowest BCUT2D eigenvalue weighted by Crippen LogP contribution is -2.34. The maximum atomic E-state index is 5.63. The predicted molar refractivity (Wildman–Crippen MR) is 122 cm³/mol. The SMILES string of the molecule is CNc1cc(C2CCCN(Cc3cccc(OC)c3OC)C2)nc(-c2ccncc2)n1. The third-order valence-corrected chi connectivity index (χ3v) is 5.74. The first kappa shape index (κ1) is 21.1. The van der Waals surface area contributed by atoms with E-state index in [4.69, 9.17) is 14.5 Å². The van der Waals surface area contributed by atoms with E-state index < -0.39 is 0 Å². The minimum absolute atomic E-state index is 0.348. The summed E-state index contributed by atoms with van der Waals surface area (Å²) in [4.78, 5) is 16.2. The molecule has 0 radical (unpaired) electrons. The Kier molecular flexibility index (Phi) is 6.62. The third kappa shape index (κ3) is 4.77. The molecule has 1 unspecified atom stereocenters. The first-order valence-corrected chi connectivity index (χ1v) is 10.6. The molecule has 0 amide bonds. The fraction of sp³-hybridized carbons (Fsp3) is 0.375. The van der Waals surface area contributed by atoms with Crippen LogP contribution in [0.3, 0.4) is 0 Å². The van der Waals surface area contributed by atoms with Crippen LogP contribution in [0.5, 0.6) is 11.5 Å². The Bertz CT molecular complexity index is 1010. The molecule has 162 valence electrons. The molecule has 1 aliphatic rings. The number of rotatable bonds is 7. The summed E-state index contributed by atoms with van der Waals surface area (Å²) in [6.07, 6.45) is 5.78. The van der Waals surface area contributed by atoms with Crippen LogP contribution in [0.2, 0.25) is 0 Å². The number of ether oxygens (including phenoxy) is 2. The highest BCUT2D eigenvalue weighted by atomic mass is 16.5. The van der Waals surface area contributed by atoms with Crippen LogP contribution in [-0.4, -0.2) is 54.2 Å². The molecule has 1 aromatic carbocycles. The summed E-state index contributed by atoms with van der Waals surface area (Å²) in [7, 11) is 5.26. The predicted octanol–water partition coefficient (Wildman–Crippen LogP) is 3.98. The zero-order valence-electron chi connectivity index (χ0n) is 18.3. The number of hydrogen-bond donors (Lipinski definition) is 1. The molecule has 0 spiro atoms. The minimum Gasteiger partial charge on any atom is -0.493 e. The van der Waals surface area contributed by atoms with Gasteiger partial charge in [0.2, 0.25) is 0 Å². The van der Waals surface area contributed by atoms with Crippen LogP contribution in [0.4, 0.5) is 5.82 Å². The molecule has 31 heavy (non-hydrogen) atoms. The number of nitrogens with one attached hydrogen (secondary N) is 1. The molecule has 2 aromatic heterocycles. The minimum atomic E-state index is 0.348. The number of aromatic nitrogens is 3. The van der Waals surface area contributed by atoms with E-state index in [0.29, 0.717) is 5.92 Å². The Morgan fingerprint density at radius 1 is 1.10 bits per heavy atom. The first-order chi connectivity index (χ1) is 15.2. The molecule has 3 aromatic rings. The van der Waals surface area contributed by atoms with Gasteiger partial charge in [0.15, 0.2) is 17.3 Å². The van der Waals surface area contributed by atoms with E-state index in [-0.39, 0.29) is 0 Å². The molecule has 1 N–H and O–H groups in total. The molecule has 0 bridgehead atoms. The van der Waals surface area contributed by atoms with Crippen LogP contribution in [0.25, 0.3) is 11.4 Å². The largest absolute Gasteiger partial charge is 0.493 e. The lowest BCUT2D eigenvalue weighted by atomic mass is 9.93. The van der Waals surface area contributed by atoms with Crippen LogP contribution in [-0.2, 0) is 6.54 Å². The second kappa shape index (κ2) is 9.75. The van der Waals surface area contributed by atoms with Crippen molar-refractivity contribution < 1.29 is 9.47 Å². The zero-order valence-corrected chi connectivity index (χ0v) is 18.3. The summed E-state index contributed by atoms with van der Waals surface area (Å²) in [5, 5.41) is 3.18. The van der Waals surface area contributed by atoms with E-state index in [1.807, 2.05) is 31.3 Å². The monoisotopic (exact) mass is 419 g/mol. The van der Waals surface area contributed by atoms with Crippen molar-refractivity contribution in [3.63, 3.8) is 0 Å². The van der Waals surface area contributed by atoms with Gasteiger partial charge in [-0.15, -0.1) is 0 Å². The molecular weight excluding hydrogens is 390 g/mol. The van der Waals surface area contributed by atoms with Crippen LogP contribution in [0.1, 0.15) is 30.0 Å². The van der Waals surface area contributed by atoms with Crippen molar-refractivity contribution in [2.75, 3.05) is 39.7 Å². The van der Waals surface area contributed by atoms with Gasteiger partial charge in [-0.2, -0.15) is 0 Å². The summed E-state index contributed by atoms with van der Waals surface area (Å²) in [6, 6.07) is 12.0. The number of benzene rings is 1. The molecule has 7 heteroatoms. The number of anilines is 1. The molecule has 7 nitrogen and oxygen atoms in total. The molecule has 4 rings (SSSR count). The summed E-state index contributed by atoms with van der Waals surface area (Å²) in [5.74, 6) is 3.50. The Labute approximate surface area is 183 Å². The van der Waals surface area contributed by atoms with Crippen molar-refractivity contribution in [3.05, 3.63) is 60.0 Å². The Morgan fingerprint density at radius 3 is 2.68 bits per heavy atom. The molecule has 1 atom stereocenters. The average Bonchev–Trinajstić information content (AvgIpc) is 2.84. The molecule has 3 heterocycles. The van der Waals surface area contributed by atoms with E-state index >= 15 is 0 Å². The average molecular weight is 420 g/mol. The summed E-state index contributed by atoms with van der Waals surface area (Å²) >= 11 is 0. The second-order valence-corrected chi connectivity index (χ2v) is 7.71.